The fraction of sp³-hybridized carbons (Fsp3) is 0.485. The molecule has 1 aromatic heterocycles. The molecule has 0 bridgehead atoms. The largest absolute Gasteiger partial charge is 0.432 e. The van der Waals surface area contributed by atoms with Gasteiger partial charge in [0.25, 0.3) is 0 Å². The van der Waals surface area contributed by atoms with E-state index < -0.39 is 27.7 Å². The lowest BCUT2D eigenvalue weighted by Crippen LogP contribution is -2.41. The Balaban J connectivity index is 1.24. The van der Waals surface area contributed by atoms with Crippen molar-refractivity contribution in [1.82, 2.24) is 30.4 Å². The van der Waals surface area contributed by atoms with Crippen molar-refractivity contribution in [1.29, 1.82) is 0 Å². The van der Waals surface area contributed by atoms with Gasteiger partial charge in [-0.15, -0.1) is 11.3 Å². The number of urea groups is 1. The zero-order valence-electron chi connectivity index (χ0n) is 27.4. The number of anilines is 1. The quantitative estimate of drug-likeness (QED) is 0.220. The average Bonchev–Trinajstić information content (AvgIpc) is 3.68. The molecule has 4 N–H and O–H groups in total. The summed E-state index contributed by atoms with van der Waals surface area (Å²) < 4.78 is 35.5. The molecule has 2 heterocycles. The van der Waals surface area contributed by atoms with E-state index in [-0.39, 0.29) is 23.6 Å². The van der Waals surface area contributed by atoms with Crippen LogP contribution in [-0.2, 0) is 21.3 Å². The standard InChI is InChI=1S/C33H45N7O5S2/c1-33(2,3)38-47(43,44)29-19-26(36-31(41)35-20-23-9-6-5-7-10-23)15-16-27(29)28-21-34-30(46-28)24-11-13-25(14-12-24)37-32(42)45-22-40-18-8-17-39(40)4/h5-7,9-10,15-16,19,21,24-25,38H,8,11-14,17-18,20,22H2,1-4H3,(H,37,42)(H2,35,36,41). The minimum atomic E-state index is -3.96. The maximum absolute atomic E-state index is 13.7. The summed E-state index contributed by atoms with van der Waals surface area (Å²) in [6, 6.07) is 14.0. The van der Waals surface area contributed by atoms with Crippen molar-refractivity contribution in [2.24, 2.45) is 0 Å². The van der Waals surface area contributed by atoms with Crippen LogP contribution in [0.2, 0.25) is 0 Å². The van der Waals surface area contributed by atoms with E-state index in [2.05, 4.69) is 25.7 Å². The van der Waals surface area contributed by atoms with E-state index in [9.17, 15) is 18.0 Å². The SMILES string of the molecule is CN1CCCN1COC(=O)NC1CCC(c2ncc(-c3ccc(NC(=O)NCc4ccccc4)cc3S(=O)(=O)NC(C)(C)C)s2)CC1. The van der Waals surface area contributed by atoms with Crippen LogP contribution in [0.4, 0.5) is 15.3 Å². The highest BCUT2D eigenvalue weighted by Crippen LogP contribution is 2.40. The molecule has 5 rings (SSSR count). The number of amides is 3. The smallest absolute Gasteiger partial charge is 0.408 e. The first-order valence-corrected chi connectivity index (χ1v) is 18.3. The molecule has 12 nitrogen and oxygen atoms in total. The van der Waals surface area contributed by atoms with Gasteiger partial charge in [-0.3, -0.25) is 0 Å². The third-order valence-electron chi connectivity index (χ3n) is 8.18. The lowest BCUT2D eigenvalue weighted by Gasteiger charge is -2.28. The number of sulfonamides is 1. The van der Waals surface area contributed by atoms with Crippen molar-refractivity contribution in [3.63, 3.8) is 0 Å². The molecule has 1 saturated heterocycles. The van der Waals surface area contributed by atoms with Gasteiger partial charge in [0.2, 0.25) is 10.0 Å². The Morgan fingerprint density at radius 2 is 1.79 bits per heavy atom. The van der Waals surface area contributed by atoms with Gasteiger partial charge in [0.1, 0.15) is 0 Å². The molecule has 0 radical (unpaired) electrons. The summed E-state index contributed by atoms with van der Waals surface area (Å²) in [5, 5.41) is 13.6. The number of rotatable bonds is 10. The second-order valence-corrected chi connectivity index (χ2v) is 15.9. The van der Waals surface area contributed by atoms with Crippen LogP contribution >= 0.6 is 11.3 Å². The number of thiazole rings is 1. The second kappa shape index (κ2) is 15.1. The molecule has 0 unspecified atom stereocenters. The van der Waals surface area contributed by atoms with Crippen LogP contribution in [0.5, 0.6) is 0 Å². The highest BCUT2D eigenvalue weighted by molar-refractivity contribution is 7.89. The summed E-state index contributed by atoms with van der Waals surface area (Å²) in [7, 11) is -1.97. The summed E-state index contributed by atoms with van der Waals surface area (Å²) >= 11 is 1.48. The third-order valence-corrected chi connectivity index (χ3v) is 11.2. The molecule has 1 aliphatic heterocycles. The number of aromatic nitrogens is 1. The summed E-state index contributed by atoms with van der Waals surface area (Å²) in [6.45, 7) is 7.79. The number of carbonyl (C=O) groups excluding carboxylic acids is 2. The maximum atomic E-state index is 13.7. The van der Waals surface area contributed by atoms with E-state index in [0.29, 0.717) is 17.8 Å². The van der Waals surface area contributed by atoms with Crippen LogP contribution in [0.25, 0.3) is 10.4 Å². The number of alkyl carbamates (subject to hydrolysis) is 1. The number of ether oxygens (including phenoxy) is 1. The Morgan fingerprint density at radius 3 is 2.47 bits per heavy atom. The Labute approximate surface area is 281 Å². The molecule has 0 spiro atoms. The van der Waals surface area contributed by atoms with Gasteiger partial charge >= 0.3 is 12.1 Å². The minimum absolute atomic E-state index is 0.0413. The molecule has 14 heteroatoms. The Morgan fingerprint density at radius 1 is 1.04 bits per heavy atom. The first-order chi connectivity index (χ1) is 22.4. The van der Waals surface area contributed by atoms with Crippen LogP contribution in [-0.4, -0.2) is 74.0 Å². The number of hydrazine groups is 1. The van der Waals surface area contributed by atoms with E-state index in [4.69, 9.17) is 9.72 Å². The van der Waals surface area contributed by atoms with Gasteiger partial charge in [0.15, 0.2) is 6.73 Å². The normalized spacial score (nSPS) is 19.3. The molecule has 254 valence electrons. The lowest BCUT2D eigenvalue weighted by atomic mass is 9.86. The van der Waals surface area contributed by atoms with E-state index in [1.54, 1.807) is 39.1 Å². The molecule has 3 aromatic rings. The van der Waals surface area contributed by atoms with Gasteiger partial charge in [-0.05, 0) is 70.6 Å². The molecule has 2 aliphatic rings. The van der Waals surface area contributed by atoms with Crippen LogP contribution < -0.4 is 20.7 Å². The van der Waals surface area contributed by atoms with E-state index >= 15 is 0 Å². The van der Waals surface area contributed by atoms with Gasteiger partial charge < -0.3 is 20.7 Å². The highest BCUT2D eigenvalue weighted by Gasteiger charge is 2.29. The zero-order chi connectivity index (χ0) is 33.6. The van der Waals surface area contributed by atoms with Crippen molar-refractivity contribution in [2.75, 3.05) is 32.2 Å². The van der Waals surface area contributed by atoms with Gasteiger partial charge in [-0.2, -0.15) is 0 Å². The average molecular weight is 684 g/mol. The fourth-order valence-corrected chi connectivity index (χ4v) is 8.68. The summed E-state index contributed by atoms with van der Waals surface area (Å²) in [5.74, 6) is 0.211. The van der Waals surface area contributed by atoms with E-state index in [1.165, 1.54) is 17.4 Å². The van der Waals surface area contributed by atoms with Gasteiger partial charge in [-0.1, -0.05) is 36.4 Å². The van der Waals surface area contributed by atoms with Crippen LogP contribution in [0, 0.1) is 0 Å². The Hall–Kier alpha value is -3.56. The van der Waals surface area contributed by atoms with E-state index in [0.717, 1.165) is 60.6 Å². The van der Waals surface area contributed by atoms with Crippen molar-refractivity contribution in [3.05, 3.63) is 65.3 Å². The van der Waals surface area contributed by atoms with E-state index in [1.807, 2.05) is 42.4 Å². The molecule has 47 heavy (non-hydrogen) atoms. The molecule has 1 saturated carbocycles. The van der Waals surface area contributed by atoms with Crippen molar-refractivity contribution in [2.45, 2.75) is 81.8 Å². The Kier molecular flexibility index (Phi) is 11.2. The van der Waals surface area contributed by atoms with Crippen molar-refractivity contribution in [3.8, 4) is 10.4 Å². The highest BCUT2D eigenvalue weighted by atomic mass is 32.2. The molecule has 1 aliphatic carbocycles. The van der Waals surface area contributed by atoms with Crippen molar-refractivity contribution >= 4 is 39.2 Å². The number of benzene rings is 2. The fourth-order valence-electron chi connectivity index (χ4n) is 5.82. The number of nitrogens with zero attached hydrogens (tertiary/aromatic N) is 3. The van der Waals surface area contributed by atoms with Crippen LogP contribution in [0.1, 0.15) is 69.4 Å². The predicted octanol–water partition coefficient (Wildman–Crippen LogP) is 5.47. The third kappa shape index (κ3) is 9.73. The number of carbonyl (C=O) groups is 2. The lowest BCUT2D eigenvalue weighted by molar-refractivity contribution is -0.0318. The summed E-state index contributed by atoms with van der Waals surface area (Å²) in [5.41, 5.74) is 1.11. The number of hydrogen-bond acceptors (Lipinski definition) is 9. The van der Waals surface area contributed by atoms with Crippen molar-refractivity contribution < 1.29 is 22.7 Å². The van der Waals surface area contributed by atoms with Gasteiger partial charge in [-0.25, -0.2) is 37.7 Å². The van der Waals surface area contributed by atoms with Crippen LogP contribution in [0.3, 0.4) is 0 Å². The first kappa shape index (κ1) is 34.8. The molecular formula is C33H45N7O5S2. The Bertz CT molecular complexity index is 1630. The first-order valence-electron chi connectivity index (χ1n) is 16.0. The summed E-state index contributed by atoms with van der Waals surface area (Å²) in [4.78, 5) is 30.5. The topological polar surface area (TPSA) is 145 Å². The molecule has 3 amide bonds. The molecular weight excluding hydrogens is 639 g/mol. The molecule has 2 fully saturated rings. The zero-order valence-corrected chi connectivity index (χ0v) is 29.0. The maximum Gasteiger partial charge on any atom is 0.408 e. The van der Waals surface area contributed by atoms with Crippen LogP contribution in [0.15, 0.2) is 59.6 Å². The predicted molar refractivity (Wildman–Crippen MR) is 183 cm³/mol. The minimum Gasteiger partial charge on any atom is -0.432 e. The second-order valence-electron chi connectivity index (χ2n) is 13.1. The molecule has 0 atom stereocenters. The monoisotopic (exact) mass is 683 g/mol. The van der Waals surface area contributed by atoms with Gasteiger partial charge in [0.05, 0.1) is 14.8 Å². The number of hydrogen-bond donors (Lipinski definition) is 4. The summed E-state index contributed by atoms with van der Waals surface area (Å²) in [6.07, 6.45) is 5.71. The van der Waals surface area contributed by atoms with Gasteiger partial charge in [0, 0.05) is 61.6 Å². The number of nitrogens with one attached hydrogen (secondary N) is 4. The molecule has 2 aromatic carbocycles.